The van der Waals surface area contributed by atoms with Crippen LogP contribution in [0.2, 0.25) is 0 Å². The Morgan fingerprint density at radius 1 is 0.808 bits per heavy atom. The fraction of sp³-hybridized carbons (Fsp3) is 0.250. The Hall–Kier alpha value is -3.15. The number of hydrogen-bond donors (Lipinski definition) is 0. The standard InChI is InChI=1S/C20H14O6/c21-20-19-12(7-22-20)3-11-5-16-17(26-9-25-16)6-13(11)18(19)10-1-2-14-15(4-10)24-8-23-14/h1-2,4-6,12H,3,7-9H2. The Bertz CT molecular complexity index is 1010. The van der Waals surface area contributed by atoms with Crippen LogP contribution >= 0.6 is 0 Å². The van der Waals surface area contributed by atoms with E-state index in [1.54, 1.807) is 0 Å². The molecule has 6 nitrogen and oxygen atoms in total. The number of fused-ring (bicyclic) bond motifs is 4. The third-order valence-electron chi connectivity index (χ3n) is 5.31. The molecule has 2 aromatic rings. The van der Waals surface area contributed by atoms with E-state index in [0.717, 1.165) is 40.0 Å². The van der Waals surface area contributed by atoms with Crippen molar-refractivity contribution in [3.8, 4) is 23.0 Å². The molecule has 0 saturated carbocycles. The molecule has 0 spiro atoms. The van der Waals surface area contributed by atoms with Gasteiger partial charge in [-0.15, -0.1) is 0 Å². The summed E-state index contributed by atoms with van der Waals surface area (Å²) >= 11 is 0. The quantitative estimate of drug-likeness (QED) is 0.737. The summed E-state index contributed by atoms with van der Waals surface area (Å²) in [6.45, 7) is 0.848. The zero-order chi connectivity index (χ0) is 17.3. The second kappa shape index (κ2) is 4.94. The first-order chi connectivity index (χ1) is 12.8. The Morgan fingerprint density at radius 2 is 1.54 bits per heavy atom. The lowest BCUT2D eigenvalue weighted by atomic mass is 9.77. The van der Waals surface area contributed by atoms with E-state index in [1.165, 1.54) is 0 Å². The first-order valence-corrected chi connectivity index (χ1v) is 8.52. The van der Waals surface area contributed by atoms with Crippen LogP contribution in [0.1, 0.15) is 16.7 Å². The van der Waals surface area contributed by atoms with E-state index in [0.29, 0.717) is 23.9 Å². The van der Waals surface area contributed by atoms with E-state index in [-0.39, 0.29) is 25.5 Å². The van der Waals surface area contributed by atoms with Crippen LogP contribution in [0.4, 0.5) is 0 Å². The molecule has 6 heteroatoms. The Balaban J connectivity index is 1.61. The van der Waals surface area contributed by atoms with E-state index < -0.39 is 0 Å². The lowest BCUT2D eigenvalue weighted by Gasteiger charge is -2.24. The van der Waals surface area contributed by atoms with Crippen molar-refractivity contribution in [1.82, 2.24) is 0 Å². The SMILES string of the molecule is O=C1OCC2Cc3cc4c(cc3C(c3ccc5c(c3)OCO5)=C12)OCO4. The zero-order valence-corrected chi connectivity index (χ0v) is 13.7. The molecule has 0 N–H and O–H groups in total. The maximum absolute atomic E-state index is 12.5. The summed E-state index contributed by atoms with van der Waals surface area (Å²) in [5.41, 5.74) is 4.64. The number of carbonyl (C=O) groups excluding carboxylic acids is 1. The topological polar surface area (TPSA) is 63.2 Å². The fourth-order valence-corrected chi connectivity index (χ4v) is 4.13. The van der Waals surface area contributed by atoms with Crippen LogP contribution in [0.5, 0.6) is 23.0 Å². The predicted octanol–water partition coefficient (Wildman–Crippen LogP) is 2.68. The van der Waals surface area contributed by atoms with Gasteiger partial charge in [0.2, 0.25) is 13.6 Å². The van der Waals surface area contributed by atoms with Gasteiger partial charge in [0.15, 0.2) is 23.0 Å². The van der Waals surface area contributed by atoms with Gasteiger partial charge in [0.1, 0.15) is 0 Å². The van der Waals surface area contributed by atoms with Crippen LogP contribution in [0, 0.1) is 5.92 Å². The molecule has 130 valence electrons. The smallest absolute Gasteiger partial charge is 0.335 e. The first-order valence-electron chi connectivity index (χ1n) is 8.52. The molecule has 3 heterocycles. The normalized spacial score (nSPS) is 21.5. The molecular formula is C20H14O6. The van der Waals surface area contributed by atoms with Crippen LogP contribution in [-0.4, -0.2) is 26.2 Å². The molecule has 0 radical (unpaired) electrons. The third-order valence-corrected chi connectivity index (χ3v) is 5.31. The Labute approximate surface area is 148 Å². The minimum absolute atomic E-state index is 0.0517. The van der Waals surface area contributed by atoms with Gasteiger partial charge < -0.3 is 23.7 Å². The molecule has 4 aliphatic rings. The van der Waals surface area contributed by atoms with E-state index in [2.05, 4.69) is 0 Å². The highest BCUT2D eigenvalue weighted by Gasteiger charge is 2.39. The molecule has 6 rings (SSSR count). The van der Waals surface area contributed by atoms with Crippen molar-refractivity contribution in [1.29, 1.82) is 0 Å². The number of hydrogen-bond acceptors (Lipinski definition) is 6. The number of ether oxygens (including phenoxy) is 5. The largest absolute Gasteiger partial charge is 0.462 e. The Kier molecular flexibility index (Phi) is 2.67. The lowest BCUT2D eigenvalue weighted by molar-refractivity contribution is -0.135. The molecule has 1 atom stereocenters. The van der Waals surface area contributed by atoms with Crippen molar-refractivity contribution in [3.05, 3.63) is 52.6 Å². The fourth-order valence-electron chi connectivity index (χ4n) is 4.13. The van der Waals surface area contributed by atoms with E-state index in [4.69, 9.17) is 23.7 Å². The number of esters is 1. The van der Waals surface area contributed by atoms with E-state index in [1.807, 2.05) is 30.3 Å². The van der Waals surface area contributed by atoms with Crippen LogP contribution < -0.4 is 18.9 Å². The second-order valence-electron chi connectivity index (χ2n) is 6.72. The van der Waals surface area contributed by atoms with Gasteiger partial charge in [0.05, 0.1) is 12.2 Å². The van der Waals surface area contributed by atoms with Crippen molar-refractivity contribution >= 4 is 11.5 Å². The summed E-state index contributed by atoms with van der Waals surface area (Å²) in [5, 5.41) is 0. The average molecular weight is 350 g/mol. The van der Waals surface area contributed by atoms with Crippen LogP contribution in [-0.2, 0) is 16.0 Å². The molecule has 1 aliphatic carbocycles. The molecule has 1 saturated heterocycles. The van der Waals surface area contributed by atoms with Crippen molar-refractivity contribution in [2.75, 3.05) is 20.2 Å². The zero-order valence-electron chi connectivity index (χ0n) is 13.7. The molecular weight excluding hydrogens is 336 g/mol. The van der Waals surface area contributed by atoms with Crippen molar-refractivity contribution in [2.24, 2.45) is 5.92 Å². The van der Waals surface area contributed by atoms with Crippen LogP contribution in [0.15, 0.2) is 35.9 Å². The van der Waals surface area contributed by atoms with Gasteiger partial charge in [-0.2, -0.15) is 0 Å². The number of benzene rings is 2. The van der Waals surface area contributed by atoms with Gasteiger partial charge in [-0.25, -0.2) is 4.79 Å². The summed E-state index contributed by atoms with van der Waals surface area (Å²) < 4.78 is 27.4. The highest BCUT2D eigenvalue weighted by molar-refractivity contribution is 6.05. The highest BCUT2D eigenvalue weighted by atomic mass is 16.7. The maximum Gasteiger partial charge on any atom is 0.335 e. The summed E-state index contributed by atoms with van der Waals surface area (Å²) in [5.74, 6) is 2.66. The van der Waals surface area contributed by atoms with E-state index in [9.17, 15) is 4.79 Å². The van der Waals surface area contributed by atoms with Gasteiger partial charge in [-0.05, 0) is 47.4 Å². The Morgan fingerprint density at radius 3 is 2.38 bits per heavy atom. The third kappa shape index (κ3) is 1.84. The van der Waals surface area contributed by atoms with Crippen LogP contribution in [0.3, 0.4) is 0 Å². The van der Waals surface area contributed by atoms with Gasteiger partial charge in [-0.1, -0.05) is 6.07 Å². The van der Waals surface area contributed by atoms with Gasteiger partial charge in [0.25, 0.3) is 0 Å². The minimum Gasteiger partial charge on any atom is -0.462 e. The molecule has 1 unspecified atom stereocenters. The number of rotatable bonds is 1. The second-order valence-corrected chi connectivity index (χ2v) is 6.72. The van der Waals surface area contributed by atoms with Crippen molar-refractivity contribution in [3.63, 3.8) is 0 Å². The summed E-state index contributed by atoms with van der Waals surface area (Å²) in [4.78, 5) is 12.5. The first kappa shape index (κ1) is 14.1. The molecule has 0 amide bonds. The number of carbonyl (C=O) groups is 1. The molecule has 0 aromatic heterocycles. The maximum atomic E-state index is 12.5. The predicted molar refractivity (Wildman–Crippen MR) is 89.3 cm³/mol. The molecule has 2 aromatic carbocycles. The van der Waals surface area contributed by atoms with Crippen molar-refractivity contribution < 1.29 is 28.5 Å². The molecule has 1 fully saturated rings. The number of cyclic esters (lactones) is 1. The van der Waals surface area contributed by atoms with Crippen molar-refractivity contribution in [2.45, 2.75) is 6.42 Å². The summed E-state index contributed by atoms with van der Waals surface area (Å²) in [7, 11) is 0. The molecule has 26 heavy (non-hydrogen) atoms. The van der Waals surface area contributed by atoms with E-state index >= 15 is 0 Å². The molecule has 0 bridgehead atoms. The lowest BCUT2D eigenvalue weighted by Crippen LogP contribution is -2.17. The van der Waals surface area contributed by atoms with Crippen LogP contribution in [0.25, 0.3) is 5.57 Å². The van der Waals surface area contributed by atoms with Gasteiger partial charge >= 0.3 is 5.97 Å². The van der Waals surface area contributed by atoms with Gasteiger partial charge in [0, 0.05) is 11.5 Å². The minimum atomic E-state index is -0.244. The molecule has 3 aliphatic heterocycles. The monoisotopic (exact) mass is 350 g/mol. The highest BCUT2D eigenvalue weighted by Crippen LogP contribution is 2.48. The summed E-state index contributed by atoms with van der Waals surface area (Å²) in [6.07, 6.45) is 0.751. The van der Waals surface area contributed by atoms with Gasteiger partial charge in [-0.3, -0.25) is 0 Å². The average Bonchev–Trinajstić information content (AvgIpc) is 3.37. The summed E-state index contributed by atoms with van der Waals surface area (Å²) in [6, 6.07) is 9.74.